The van der Waals surface area contributed by atoms with Crippen molar-refractivity contribution in [2.45, 2.75) is 24.5 Å². The van der Waals surface area contributed by atoms with Gasteiger partial charge in [0.2, 0.25) is 11.6 Å². The summed E-state index contributed by atoms with van der Waals surface area (Å²) in [4.78, 5) is 13.0. The number of hydrogen-bond acceptors (Lipinski definition) is 9. The maximum absolute atomic E-state index is 13.9. The fourth-order valence-corrected chi connectivity index (χ4v) is 3.48. The molecule has 1 aliphatic rings. The lowest BCUT2D eigenvalue weighted by Crippen LogP contribution is -2.38. The van der Waals surface area contributed by atoms with Crippen molar-refractivity contribution < 1.29 is 55.1 Å². The van der Waals surface area contributed by atoms with Crippen molar-refractivity contribution in [1.82, 2.24) is 15.3 Å². The van der Waals surface area contributed by atoms with Crippen LogP contribution in [0, 0.1) is 0 Å². The highest BCUT2D eigenvalue weighted by Crippen LogP contribution is 2.43. The fourth-order valence-electron chi connectivity index (χ4n) is 3.48. The zero-order chi connectivity index (χ0) is 28.5. The Morgan fingerprint density at radius 2 is 1.64 bits per heavy atom. The summed E-state index contributed by atoms with van der Waals surface area (Å²) < 4.78 is 88.9. The molecule has 3 heterocycles. The molecule has 16 heteroatoms. The number of carbonyl (C=O) groups is 1. The van der Waals surface area contributed by atoms with Gasteiger partial charge in [0.05, 0.1) is 6.04 Å². The zero-order valence-electron chi connectivity index (χ0n) is 19.2. The molecular formula is C23H16F6N4O6. The van der Waals surface area contributed by atoms with Crippen molar-refractivity contribution >= 4 is 5.97 Å². The Bertz CT molecular complexity index is 1470. The molecular weight excluding hydrogens is 542 g/mol. The highest BCUT2D eigenvalue weighted by atomic mass is 19.4. The summed E-state index contributed by atoms with van der Waals surface area (Å²) >= 11 is 0. The van der Waals surface area contributed by atoms with E-state index in [0.717, 1.165) is 0 Å². The first-order valence-corrected chi connectivity index (χ1v) is 10.7. The second kappa shape index (κ2) is 10.4. The molecule has 0 fully saturated rings. The quantitative estimate of drug-likeness (QED) is 0.307. The number of rotatable bonds is 3. The minimum atomic E-state index is -5.08. The third kappa shape index (κ3) is 5.85. The van der Waals surface area contributed by atoms with Gasteiger partial charge < -0.3 is 29.7 Å². The molecule has 0 saturated carbocycles. The van der Waals surface area contributed by atoms with Crippen LogP contribution in [0.1, 0.15) is 17.2 Å². The summed E-state index contributed by atoms with van der Waals surface area (Å²) in [6.45, 7) is 0.115. The number of benzene rings is 2. The van der Waals surface area contributed by atoms with E-state index >= 15 is 0 Å². The Balaban J connectivity index is 0.000000448. The van der Waals surface area contributed by atoms with E-state index in [-0.39, 0.29) is 23.7 Å². The molecule has 0 spiro atoms. The second-order valence-corrected chi connectivity index (χ2v) is 8.00. The molecule has 5 rings (SSSR count). The van der Waals surface area contributed by atoms with Crippen LogP contribution in [0.4, 0.5) is 26.3 Å². The number of nitrogens with two attached hydrogens (primary N) is 1. The Morgan fingerprint density at radius 3 is 2.26 bits per heavy atom. The molecule has 0 saturated heterocycles. The third-order valence-electron chi connectivity index (χ3n) is 5.31. The zero-order valence-corrected chi connectivity index (χ0v) is 19.2. The number of aliphatic hydroxyl groups excluding tert-OH is 1. The van der Waals surface area contributed by atoms with Crippen LogP contribution < -0.4 is 10.5 Å². The smallest absolute Gasteiger partial charge is 0.490 e. The lowest BCUT2D eigenvalue weighted by atomic mass is 9.98. The van der Waals surface area contributed by atoms with Gasteiger partial charge in [0, 0.05) is 16.7 Å². The number of aromatic nitrogens is 3. The molecule has 0 bridgehead atoms. The minimum absolute atomic E-state index is 0.0153. The van der Waals surface area contributed by atoms with Gasteiger partial charge >= 0.3 is 18.3 Å². The number of carboxylic acids is 1. The van der Waals surface area contributed by atoms with Crippen molar-refractivity contribution in [1.29, 1.82) is 0 Å². The van der Waals surface area contributed by atoms with Crippen molar-refractivity contribution in [3.8, 4) is 40.0 Å². The first-order valence-electron chi connectivity index (χ1n) is 10.7. The van der Waals surface area contributed by atoms with Gasteiger partial charge in [-0.1, -0.05) is 52.8 Å². The molecule has 0 radical (unpaired) electrons. The maximum atomic E-state index is 13.9. The van der Waals surface area contributed by atoms with Gasteiger partial charge in [-0.05, 0) is 6.07 Å². The summed E-state index contributed by atoms with van der Waals surface area (Å²) in [5.74, 6) is -3.51. The van der Waals surface area contributed by atoms with Gasteiger partial charge in [-0.25, -0.2) is 4.79 Å². The molecule has 4 aromatic rings. The summed E-state index contributed by atoms with van der Waals surface area (Å²) in [5, 5.41) is 24.7. The molecule has 2 aromatic heterocycles. The third-order valence-corrected chi connectivity index (χ3v) is 5.31. The summed E-state index contributed by atoms with van der Waals surface area (Å²) in [7, 11) is 0. The predicted octanol–water partition coefficient (Wildman–Crippen LogP) is 4.46. The Labute approximate surface area is 213 Å². The second-order valence-electron chi connectivity index (χ2n) is 8.00. The van der Waals surface area contributed by atoms with Crippen LogP contribution in [0.25, 0.3) is 34.3 Å². The molecule has 4 N–H and O–H groups in total. The normalized spacial score (nSPS) is 17.0. The van der Waals surface area contributed by atoms with E-state index in [1.807, 2.05) is 0 Å². The lowest BCUT2D eigenvalue weighted by Gasteiger charge is -2.27. The van der Waals surface area contributed by atoms with E-state index in [2.05, 4.69) is 15.3 Å². The summed E-state index contributed by atoms with van der Waals surface area (Å²) in [6, 6.07) is 12.0. The van der Waals surface area contributed by atoms with Gasteiger partial charge in [-0.3, -0.25) is 0 Å². The van der Waals surface area contributed by atoms with Gasteiger partial charge in [0.15, 0.2) is 0 Å². The van der Waals surface area contributed by atoms with Gasteiger partial charge in [0.1, 0.15) is 29.7 Å². The lowest BCUT2D eigenvalue weighted by molar-refractivity contribution is -0.192. The van der Waals surface area contributed by atoms with E-state index in [9.17, 15) is 31.4 Å². The number of fused-ring (bicyclic) bond motifs is 1. The SMILES string of the molecule is N[C@@H]1COc2cc(-c3noc(-c4onc(-c5ccccc5)c4C(F)(F)F)n3)ccc2[C@@H]1O.O=C(O)C(F)(F)F. The topological polar surface area (TPSA) is 158 Å². The largest absolute Gasteiger partial charge is 0.491 e. The molecule has 1 aliphatic heterocycles. The van der Waals surface area contributed by atoms with Crippen LogP contribution in [0.15, 0.2) is 57.6 Å². The molecule has 2 atom stereocenters. The number of carboxylic acid groups (broad SMARTS) is 1. The van der Waals surface area contributed by atoms with Crippen molar-refractivity contribution in [3.05, 3.63) is 59.7 Å². The molecule has 0 aliphatic carbocycles. The Kier molecular flexibility index (Phi) is 7.34. The van der Waals surface area contributed by atoms with E-state index in [1.165, 1.54) is 12.1 Å². The average Bonchev–Trinajstić information content (AvgIpc) is 3.54. The molecule has 39 heavy (non-hydrogen) atoms. The van der Waals surface area contributed by atoms with E-state index in [4.69, 9.17) is 29.4 Å². The highest BCUT2D eigenvalue weighted by Gasteiger charge is 2.43. The monoisotopic (exact) mass is 558 g/mol. The first kappa shape index (κ1) is 27.6. The van der Waals surface area contributed by atoms with Crippen molar-refractivity contribution in [3.63, 3.8) is 0 Å². The van der Waals surface area contributed by atoms with Crippen molar-refractivity contribution in [2.24, 2.45) is 5.73 Å². The van der Waals surface area contributed by atoms with Crippen LogP contribution >= 0.6 is 0 Å². The van der Waals surface area contributed by atoms with Gasteiger partial charge in [-0.2, -0.15) is 31.3 Å². The predicted molar refractivity (Wildman–Crippen MR) is 118 cm³/mol. The molecule has 206 valence electrons. The number of aliphatic hydroxyl groups is 1. The van der Waals surface area contributed by atoms with Crippen LogP contribution in [0.2, 0.25) is 0 Å². The highest BCUT2D eigenvalue weighted by molar-refractivity contribution is 5.73. The Morgan fingerprint density at radius 1 is 0.974 bits per heavy atom. The average molecular weight is 558 g/mol. The standard InChI is InChI=1S/C21H15F3N4O4.C2HF3O2/c22-21(23,24)15-16(10-4-2-1-3-5-10)27-31-18(15)20-26-19(28-32-20)11-6-7-12-14(8-11)30-9-13(25)17(12)29;3-2(4,5)1(6)7/h1-8,13,17,29H,9,25H2;(H,6,7)/t13-,17+;/m1./s1. The summed E-state index contributed by atoms with van der Waals surface area (Å²) in [6.07, 6.45) is -10.8. The van der Waals surface area contributed by atoms with Crippen LogP contribution in [-0.4, -0.2) is 50.3 Å². The molecule has 0 amide bonds. The number of alkyl halides is 6. The van der Waals surface area contributed by atoms with Crippen molar-refractivity contribution in [2.75, 3.05) is 6.61 Å². The number of hydrogen-bond donors (Lipinski definition) is 3. The van der Waals surface area contributed by atoms with E-state index < -0.39 is 47.7 Å². The Hall–Kier alpha value is -4.44. The van der Waals surface area contributed by atoms with Crippen LogP contribution in [0.3, 0.4) is 0 Å². The first-order chi connectivity index (χ1) is 18.3. The summed E-state index contributed by atoms with van der Waals surface area (Å²) in [5.41, 5.74) is 5.45. The number of halogens is 6. The van der Waals surface area contributed by atoms with E-state index in [1.54, 1.807) is 36.4 Å². The number of aliphatic carboxylic acids is 1. The molecule has 2 aromatic carbocycles. The molecule has 0 unspecified atom stereocenters. The fraction of sp³-hybridized carbons (Fsp3) is 0.217. The number of nitrogens with zero attached hydrogens (tertiary/aromatic N) is 3. The van der Waals surface area contributed by atoms with Crippen LogP contribution in [0.5, 0.6) is 5.75 Å². The van der Waals surface area contributed by atoms with Gasteiger partial charge in [0.25, 0.3) is 5.89 Å². The maximum Gasteiger partial charge on any atom is 0.490 e. The minimum Gasteiger partial charge on any atom is -0.491 e. The molecule has 10 nitrogen and oxygen atoms in total. The number of ether oxygens (including phenoxy) is 1. The van der Waals surface area contributed by atoms with E-state index in [0.29, 0.717) is 16.9 Å². The van der Waals surface area contributed by atoms with Crippen LogP contribution in [-0.2, 0) is 11.0 Å². The van der Waals surface area contributed by atoms with Gasteiger partial charge in [-0.15, -0.1) is 0 Å².